The molecule has 1 aliphatic rings. The molecule has 1 heterocycles. The summed E-state index contributed by atoms with van der Waals surface area (Å²) in [6.07, 6.45) is 4.22. The standard InChI is InChI=1S/C46H67N7O14/c1-32(2)8-9-33(3)27-53(18-6-5-7-38(34(4)54)47-46(67)48-39(45(65)66)16-17-40(56)57)44(64)36-13-10-35(11-14-36)12-15-37(55)28-49-19-21-50(29-41(58)59)23-25-52(31-43(62)63)26-24-51(22-20-49)30-42(60)61/h8-11,13-14,38-39H,1,3,5-7,12,15-31H2,2,4H3,(H,56,57)(H,58,59)(H,60,61)(H,62,63)(H,65,66)(H2,47,48,67)/b9-8-/t38-,39-/m0/s1. The summed E-state index contributed by atoms with van der Waals surface area (Å²) >= 11 is 0. The van der Waals surface area contributed by atoms with Crippen LogP contribution in [0.15, 0.2) is 60.7 Å². The summed E-state index contributed by atoms with van der Waals surface area (Å²) in [7, 11) is 0. The van der Waals surface area contributed by atoms with E-state index in [-0.39, 0.29) is 115 Å². The van der Waals surface area contributed by atoms with Crippen LogP contribution in [0.25, 0.3) is 0 Å². The second kappa shape index (κ2) is 30.1. The normalized spacial score (nSPS) is 15.6. The van der Waals surface area contributed by atoms with Crippen LogP contribution in [0.2, 0.25) is 0 Å². The Balaban J connectivity index is 2.10. The number of rotatable bonds is 28. The molecular formula is C46H67N7O14. The number of aliphatic carboxylic acids is 5. The molecule has 0 radical (unpaired) electrons. The van der Waals surface area contributed by atoms with E-state index in [9.17, 15) is 63.6 Å². The van der Waals surface area contributed by atoms with Gasteiger partial charge in [-0.25, -0.2) is 9.59 Å². The molecule has 21 heteroatoms. The second-order valence-corrected chi connectivity index (χ2v) is 16.7. The van der Waals surface area contributed by atoms with Gasteiger partial charge in [0.2, 0.25) is 0 Å². The maximum atomic E-state index is 13.9. The number of Topliss-reactive ketones (excluding diaryl/α,β-unsaturated/α-hetero) is 2. The maximum absolute atomic E-state index is 13.9. The summed E-state index contributed by atoms with van der Waals surface area (Å²) in [4.78, 5) is 118. The summed E-state index contributed by atoms with van der Waals surface area (Å²) in [5.41, 5.74) is 2.59. The average Bonchev–Trinajstić information content (AvgIpc) is 3.24. The van der Waals surface area contributed by atoms with E-state index in [1.807, 2.05) is 11.8 Å². The van der Waals surface area contributed by atoms with Crippen molar-refractivity contribution in [3.63, 3.8) is 0 Å². The van der Waals surface area contributed by atoms with Gasteiger partial charge in [-0.05, 0) is 69.2 Å². The predicted molar refractivity (Wildman–Crippen MR) is 246 cm³/mol. The Morgan fingerprint density at radius 2 is 1.10 bits per heavy atom. The molecule has 0 bridgehead atoms. The molecule has 21 nitrogen and oxygen atoms in total. The zero-order valence-electron chi connectivity index (χ0n) is 38.5. The summed E-state index contributed by atoms with van der Waals surface area (Å²) in [5, 5.41) is 51.3. The van der Waals surface area contributed by atoms with Crippen LogP contribution in [0, 0.1) is 0 Å². The number of hydrogen-bond donors (Lipinski definition) is 7. The van der Waals surface area contributed by atoms with E-state index in [0.29, 0.717) is 43.5 Å². The zero-order chi connectivity index (χ0) is 50.1. The summed E-state index contributed by atoms with van der Waals surface area (Å²) in [6.45, 7) is 12.9. The number of carbonyl (C=O) groups is 9. The van der Waals surface area contributed by atoms with Crippen LogP contribution in [0.4, 0.5) is 4.79 Å². The van der Waals surface area contributed by atoms with Crippen molar-refractivity contribution in [3.05, 3.63) is 71.8 Å². The van der Waals surface area contributed by atoms with Crippen molar-refractivity contribution in [2.24, 2.45) is 0 Å². The summed E-state index contributed by atoms with van der Waals surface area (Å²) in [5.74, 6) is -6.55. The Morgan fingerprint density at radius 1 is 0.627 bits per heavy atom. The van der Waals surface area contributed by atoms with Gasteiger partial charge in [0.25, 0.3) is 5.91 Å². The van der Waals surface area contributed by atoms with Gasteiger partial charge in [-0.3, -0.25) is 53.2 Å². The molecule has 1 aromatic carbocycles. The number of aryl methyl sites for hydroxylation is 1. The van der Waals surface area contributed by atoms with Gasteiger partial charge in [0.05, 0.1) is 32.2 Å². The highest BCUT2D eigenvalue weighted by atomic mass is 16.4. The second-order valence-electron chi connectivity index (χ2n) is 16.7. The molecule has 7 N–H and O–H groups in total. The number of unbranched alkanes of at least 4 members (excludes halogenated alkanes) is 1. The highest BCUT2D eigenvalue weighted by Gasteiger charge is 2.25. The Bertz CT molecular complexity index is 1910. The number of allylic oxidation sites excluding steroid dienone is 2. The molecule has 0 unspecified atom stereocenters. The van der Waals surface area contributed by atoms with Crippen molar-refractivity contribution in [1.29, 1.82) is 0 Å². The third-order valence-corrected chi connectivity index (χ3v) is 10.8. The molecule has 0 aromatic heterocycles. The van der Waals surface area contributed by atoms with Crippen molar-refractivity contribution in [2.75, 3.05) is 91.6 Å². The smallest absolute Gasteiger partial charge is 0.326 e. The van der Waals surface area contributed by atoms with E-state index in [4.69, 9.17) is 5.11 Å². The summed E-state index contributed by atoms with van der Waals surface area (Å²) < 4.78 is 0. The topological polar surface area (TPSA) is 295 Å². The van der Waals surface area contributed by atoms with Gasteiger partial charge in [0.15, 0.2) is 5.78 Å². The van der Waals surface area contributed by atoms with Gasteiger partial charge >= 0.3 is 35.9 Å². The number of carboxylic acid groups (broad SMARTS) is 5. The molecule has 2 rings (SSSR count). The number of carboxylic acids is 5. The lowest BCUT2D eigenvalue weighted by Gasteiger charge is -2.32. The van der Waals surface area contributed by atoms with Crippen molar-refractivity contribution in [3.8, 4) is 0 Å². The van der Waals surface area contributed by atoms with Gasteiger partial charge in [0.1, 0.15) is 11.8 Å². The Hall–Kier alpha value is -6.29. The fraction of sp³-hybridized carbons (Fsp3) is 0.543. The lowest BCUT2D eigenvalue weighted by molar-refractivity contribution is -0.141. The van der Waals surface area contributed by atoms with Gasteiger partial charge < -0.3 is 41.1 Å². The Kier molecular flexibility index (Phi) is 25.5. The summed E-state index contributed by atoms with van der Waals surface area (Å²) in [6, 6.07) is 3.49. The molecule has 2 atom stereocenters. The minimum absolute atomic E-state index is 0.0401. The lowest BCUT2D eigenvalue weighted by atomic mass is 10.0. The average molecular weight is 942 g/mol. The molecule has 3 amide bonds. The van der Waals surface area contributed by atoms with Crippen LogP contribution in [-0.4, -0.2) is 207 Å². The number of amides is 3. The zero-order valence-corrected chi connectivity index (χ0v) is 38.5. The van der Waals surface area contributed by atoms with Crippen molar-refractivity contribution < 1.29 is 68.7 Å². The quantitative estimate of drug-likeness (QED) is 0.0463. The van der Waals surface area contributed by atoms with Crippen LogP contribution in [0.1, 0.15) is 68.3 Å². The first-order chi connectivity index (χ1) is 31.6. The molecule has 1 aliphatic heterocycles. The number of ketones is 2. The largest absolute Gasteiger partial charge is 0.481 e. The van der Waals surface area contributed by atoms with Gasteiger partial charge in [0, 0.05) is 83.9 Å². The Morgan fingerprint density at radius 3 is 1.54 bits per heavy atom. The van der Waals surface area contributed by atoms with E-state index in [2.05, 4.69) is 23.8 Å². The maximum Gasteiger partial charge on any atom is 0.326 e. The van der Waals surface area contributed by atoms with Crippen LogP contribution < -0.4 is 10.6 Å². The van der Waals surface area contributed by atoms with Crippen molar-refractivity contribution in [1.82, 2.24) is 35.1 Å². The fourth-order valence-electron chi connectivity index (χ4n) is 7.12. The van der Waals surface area contributed by atoms with E-state index in [1.54, 1.807) is 56.0 Å². The number of nitrogens with zero attached hydrogens (tertiary/aromatic N) is 5. The molecule has 0 spiro atoms. The molecular weight excluding hydrogens is 875 g/mol. The van der Waals surface area contributed by atoms with E-state index < -0.39 is 54.4 Å². The highest BCUT2D eigenvalue weighted by Crippen LogP contribution is 2.15. The molecule has 1 aromatic rings. The predicted octanol–water partition coefficient (Wildman–Crippen LogP) is 1.54. The fourth-order valence-corrected chi connectivity index (χ4v) is 7.12. The number of hydrogen-bond acceptors (Lipinski definition) is 13. The van der Waals surface area contributed by atoms with E-state index in [1.165, 1.54) is 6.92 Å². The van der Waals surface area contributed by atoms with Gasteiger partial charge in [-0.15, -0.1) is 0 Å². The number of nitrogens with one attached hydrogen (secondary N) is 2. The minimum Gasteiger partial charge on any atom is -0.481 e. The first-order valence-corrected chi connectivity index (χ1v) is 22.1. The third kappa shape index (κ3) is 24.7. The first-order valence-electron chi connectivity index (χ1n) is 22.1. The molecule has 1 saturated heterocycles. The van der Waals surface area contributed by atoms with E-state index in [0.717, 1.165) is 11.1 Å². The third-order valence-electron chi connectivity index (χ3n) is 10.8. The van der Waals surface area contributed by atoms with E-state index >= 15 is 0 Å². The molecule has 370 valence electrons. The minimum atomic E-state index is -1.47. The number of benzene rings is 1. The monoisotopic (exact) mass is 941 g/mol. The molecule has 0 saturated carbocycles. The lowest BCUT2D eigenvalue weighted by Crippen LogP contribution is -2.50. The van der Waals surface area contributed by atoms with Crippen LogP contribution in [0.3, 0.4) is 0 Å². The van der Waals surface area contributed by atoms with Crippen LogP contribution >= 0.6 is 0 Å². The number of urea groups is 1. The van der Waals surface area contributed by atoms with Crippen LogP contribution in [-0.2, 0) is 40.0 Å². The van der Waals surface area contributed by atoms with Gasteiger partial charge in [-0.1, -0.05) is 43.0 Å². The van der Waals surface area contributed by atoms with Crippen molar-refractivity contribution >= 4 is 53.4 Å². The molecule has 0 aliphatic carbocycles. The highest BCUT2D eigenvalue weighted by molar-refractivity contribution is 5.94. The van der Waals surface area contributed by atoms with Crippen molar-refractivity contribution in [2.45, 2.75) is 70.9 Å². The molecule has 1 fully saturated rings. The van der Waals surface area contributed by atoms with Gasteiger partial charge in [-0.2, -0.15) is 0 Å². The van der Waals surface area contributed by atoms with Crippen LogP contribution in [0.5, 0.6) is 0 Å². The first kappa shape index (κ1) is 56.8. The Labute approximate surface area is 390 Å². The SMILES string of the molecule is C=C(C)/C=C\C(=C)CN(CCCC[C@H](NC(=O)N[C@@H](CCC(=O)O)C(=O)O)C(C)=O)C(=O)c1ccc(CCC(=O)CN2CCN(CC(=O)O)CCN(CC(=O)O)CCN(CC(=O)O)CC2)cc1. The number of carbonyl (C=O) groups excluding carboxylic acids is 4. The molecule has 67 heavy (non-hydrogen) atoms.